The van der Waals surface area contributed by atoms with E-state index < -0.39 is 6.16 Å². The molecule has 0 aliphatic carbocycles. The Morgan fingerprint density at radius 2 is 1.71 bits per heavy atom. The monoisotopic (exact) mass is 246 g/mol. The summed E-state index contributed by atoms with van der Waals surface area (Å²) in [6.45, 7) is 8.62. The number of rotatable bonds is 7. The molecule has 0 aromatic rings. The average molecular weight is 246 g/mol. The van der Waals surface area contributed by atoms with E-state index in [1.807, 2.05) is 0 Å². The van der Waals surface area contributed by atoms with Crippen molar-refractivity contribution in [3.05, 3.63) is 0 Å². The molecule has 0 fully saturated rings. The van der Waals surface area contributed by atoms with E-state index in [0.29, 0.717) is 0 Å². The highest BCUT2D eigenvalue weighted by atomic mass is 16.6. The number of aliphatic imine (C=N–C) groups is 1. The lowest BCUT2D eigenvalue weighted by molar-refractivity contribution is 0.137. The second-order valence-corrected chi connectivity index (χ2v) is 3.64. The van der Waals surface area contributed by atoms with Crippen LogP contribution in [0.4, 0.5) is 4.79 Å². The molecule has 0 amide bonds. The third-order valence-corrected chi connectivity index (χ3v) is 1.87. The van der Waals surface area contributed by atoms with Gasteiger partial charge in [0.15, 0.2) is 0 Å². The topological polar surface area (TPSA) is 81.9 Å². The molecule has 0 spiro atoms. The summed E-state index contributed by atoms with van der Waals surface area (Å²) in [7, 11) is 0. The number of carboxylic acid groups (broad SMARTS) is 2. The Hall–Kier alpha value is -1.26. The highest BCUT2D eigenvalue weighted by Crippen LogP contribution is 1.92. The maximum Gasteiger partial charge on any atom is 0.503 e. The van der Waals surface area contributed by atoms with Crippen molar-refractivity contribution in [3.63, 3.8) is 0 Å². The van der Waals surface area contributed by atoms with Gasteiger partial charge in [0.05, 0.1) is 5.84 Å². The number of carbonyl (C=O) groups is 1. The first-order valence-electron chi connectivity index (χ1n) is 6.27. The van der Waals surface area contributed by atoms with Gasteiger partial charge in [0, 0.05) is 19.5 Å². The largest absolute Gasteiger partial charge is 0.503 e. The highest BCUT2D eigenvalue weighted by molar-refractivity contribution is 5.82. The first kappa shape index (κ1) is 18.1. The molecule has 17 heavy (non-hydrogen) atoms. The van der Waals surface area contributed by atoms with Crippen molar-refractivity contribution < 1.29 is 15.0 Å². The van der Waals surface area contributed by atoms with Crippen molar-refractivity contribution in [3.8, 4) is 0 Å². The Morgan fingerprint density at radius 3 is 2.12 bits per heavy atom. The van der Waals surface area contributed by atoms with Crippen LogP contribution >= 0.6 is 0 Å². The fourth-order valence-corrected chi connectivity index (χ4v) is 1.12. The van der Waals surface area contributed by atoms with Crippen molar-refractivity contribution in [1.29, 1.82) is 0 Å². The molecule has 0 aromatic carbocycles. The highest BCUT2D eigenvalue weighted by Gasteiger charge is 1.95. The van der Waals surface area contributed by atoms with Gasteiger partial charge in [-0.3, -0.25) is 4.99 Å². The van der Waals surface area contributed by atoms with Crippen LogP contribution < -0.4 is 5.32 Å². The minimum Gasteiger partial charge on any atom is -0.450 e. The van der Waals surface area contributed by atoms with Crippen LogP contribution in [-0.2, 0) is 0 Å². The number of amidine groups is 1. The van der Waals surface area contributed by atoms with Crippen molar-refractivity contribution in [2.24, 2.45) is 4.99 Å². The number of hydrogen-bond acceptors (Lipinski definition) is 2. The van der Waals surface area contributed by atoms with E-state index in [2.05, 4.69) is 31.1 Å². The molecule has 5 nitrogen and oxygen atoms in total. The number of unbranched alkanes of at least 4 members (excludes halogenated alkanes) is 1. The molecule has 0 unspecified atom stereocenters. The van der Waals surface area contributed by atoms with Crippen molar-refractivity contribution in [2.45, 2.75) is 52.9 Å². The Labute approximate surface area is 104 Å². The lowest BCUT2D eigenvalue weighted by Gasteiger charge is -2.08. The van der Waals surface area contributed by atoms with Gasteiger partial charge in [0.2, 0.25) is 0 Å². The predicted molar refractivity (Wildman–Crippen MR) is 71.1 cm³/mol. The van der Waals surface area contributed by atoms with Gasteiger partial charge in [-0.25, -0.2) is 4.79 Å². The van der Waals surface area contributed by atoms with Crippen LogP contribution in [0.3, 0.4) is 0 Å². The molecule has 0 atom stereocenters. The zero-order chi connectivity index (χ0) is 13.5. The van der Waals surface area contributed by atoms with Crippen LogP contribution in [-0.4, -0.2) is 35.3 Å². The zero-order valence-corrected chi connectivity index (χ0v) is 11.2. The van der Waals surface area contributed by atoms with Gasteiger partial charge in [-0.15, -0.1) is 0 Å². The zero-order valence-electron chi connectivity index (χ0n) is 11.2. The number of hydrogen-bond donors (Lipinski definition) is 3. The lowest BCUT2D eigenvalue weighted by atomic mass is 10.3. The first-order valence-corrected chi connectivity index (χ1v) is 6.27. The van der Waals surface area contributed by atoms with Gasteiger partial charge in [-0.2, -0.15) is 0 Å². The summed E-state index contributed by atoms with van der Waals surface area (Å²) in [6, 6.07) is 0. The number of nitrogens with one attached hydrogen (secondary N) is 1. The van der Waals surface area contributed by atoms with Gasteiger partial charge < -0.3 is 15.5 Å². The molecule has 102 valence electrons. The third kappa shape index (κ3) is 20.7. The molecule has 0 radical (unpaired) electrons. The molecule has 3 N–H and O–H groups in total. The first-order chi connectivity index (χ1) is 8.08. The molecule has 0 aliphatic rings. The fourth-order valence-electron chi connectivity index (χ4n) is 1.12. The van der Waals surface area contributed by atoms with E-state index in [1.165, 1.54) is 25.1 Å². The summed E-state index contributed by atoms with van der Waals surface area (Å²) in [5, 5.41) is 17.4. The van der Waals surface area contributed by atoms with Gasteiger partial charge in [0.1, 0.15) is 0 Å². The normalized spacial score (nSPS) is 10.4. The van der Waals surface area contributed by atoms with E-state index in [9.17, 15) is 0 Å². The summed E-state index contributed by atoms with van der Waals surface area (Å²) >= 11 is 0. The van der Waals surface area contributed by atoms with Crippen molar-refractivity contribution in [1.82, 2.24) is 5.32 Å². The third-order valence-electron chi connectivity index (χ3n) is 1.87. The van der Waals surface area contributed by atoms with Crippen LogP contribution in [0.15, 0.2) is 4.99 Å². The summed E-state index contributed by atoms with van der Waals surface area (Å²) in [4.78, 5) is 13.1. The van der Waals surface area contributed by atoms with Crippen molar-refractivity contribution in [2.75, 3.05) is 13.1 Å². The second-order valence-electron chi connectivity index (χ2n) is 3.64. The van der Waals surface area contributed by atoms with Crippen LogP contribution in [0.2, 0.25) is 0 Å². The Balaban J connectivity index is 0. The molecule has 0 saturated heterocycles. The van der Waals surface area contributed by atoms with Gasteiger partial charge in [0.25, 0.3) is 0 Å². The van der Waals surface area contributed by atoms with Crippen LogP contribution in [0.5, 0.6) is 0 Å². The lowest BCUT2D eigenvalue weighted by Crippen LogP contribution is -2.24. The Bertz CT molecular complexity index is 202. The summed E-state index contributed by atoms with van der Waals surface area (Å²) in [5.41, 5.74) is 0. The molecular formula is C12H26N2O3. The van der Waals surface area contributed by atoms with E-state index in [-0.39, 0.29) is 0 Å². The molecule has 0 heterocycles. The molecule has 0 rings (SSSR count). The van der Waals surface area contributed by atoms with E-state index in [4.69, 9.17) is 15.0 Å². The van der Waals surface area contributed by atoms with E-state index in [0.717, 1.165) is 25.9 Å². The minimum absolute atomic E-state index is 0.967. The standard InChI is InChI=1S/C11H24N2.CH2O3/c1-4-7-10-13-11(8-5-2)12-9-6-3;2-1(3)4/h4-10H2,1-3H3,(H,12,13);(H2,2,3,4). The summed E-state index contributed by atoms with van der Waals surface area (Å²) in [6.07, 6.45) is 4.09. The fraction of sp³-hybridized carbons (Fsp3) is 0.833. The minimum atomic E-state index is -1.83. The Morgan fingerprint density at radius 1 is 1.12 bits per heavy atom. The van der Waals surface area contributed by atoms with Crippen LogP contribution in [0.1, 0.15) is 52.9 Å². The molecule has 0 bridgehead atoms. The maximum atomic E-state index is 8.56. The van der Waals surface area contributed by atoms with Crippen molar-refractivity contribution >= 4 is 12.0 Å². The summed E-state index contributed by atoms with van der Waals surface area (Å²) < 4.78 is 0. The Kier molecular flexibility index (Phi) is 15.7. The van der Waals surface area contributed by atoms with E-state index >= 15 is 0 Å². The number of nitrogens with zero attached hydrogens (tertiary/aromatic N) is 1. The average Bonchev–Trinajstić information content (AvgIpc) is 2.25. The maximum absolute atomic E-state index is 8.56. The summed E-state index contributed by atoms with van der Waals surface area (Å²) in [5.74, 6) is 1.21. The second kappa shape index (κ2) is 14.7. The van der Waals surface area contributed by atoms with Gasteiger partial charge in [-0.1, -0.05) is 27.2 Å². The van der Waals surface area contributed by atoms with E-state index in [1.54, 1.807) is 0 Å². The molecule has 0 saturated carbocycles. The smallest absolute Gasteiger partial charge is 0.450 e. The SMILES string of the molecule is CCCCNC(CCC)=NCCC.O=C(O)O. The molecule has 5 heteroatoms. The van der Waals surface area contributed by atoms with Gasteiger partial charge >= 0.3 is 6.16 Å². The van der Waals surface area contributed by atoms with Gasteiger partial charge in [-0.05, 0) is 19.3 Å². The predicted octanol–water partition coefficient (Wildman–Crippen LogP) is 3.21. The van der Waals surface area contributed by atoms with Crippen LogP contribution in [0.25, 0.3) is 0 Å². The quantitative estimate of drug-likeness (QED) is 0.366. The molecule has 0 aromatic heterocycles. The molecule has 0 aliphatic heterocycles. The van der Waals surface area contributed by atoms with Crippen LogP contribution in [0, 0.1) is 0 Å². The molecular weight excluding hydrogens is 220 g/mol.